The van der Waals surface area contributed by atoms with Crippen LogP contribution >= 0.6 is 0 Å². The Hall–Kier alpha value is -3.22. The van der Waals surface area contributed by atoms with Crippen LogP contribution in [0.25, 0.3) is 5.69 Å². The first-order valence-corrected chi connectivity index (χ1v) is 7.89. The monoisotopic (exact) mass is 337 g/mol. The lowest BCUT2D eigenvalue weighted by Crippen LogP contribution is -2.28. The molecule has 1 aromatic carbocycles. The van der Waals surface area contributed by atoms with Crippen molar-refractivity contribution in [1.29, 1.82) is 0 Å². The summed E-state index contributed by atoms with van der Waals surface area (Å²) in [5.74, 6) is -0.262. The highest BCUT2D eigenvalue weighted by Crippen LogP contribution is 2.19. The molecule has 0 aliphatic heterocycles. The highest BCUT2D eigenvalue weighted by Gasteiger charge is 2.19. The summed E-state index contributed by atoms with van der Waals surface area (Å²) < 4.78 is 1.88. The van der Waals surface area contributed by atoms with Gasteiger partial charge in [-0.25, -0.2) is 9.78 Å². The molecule has 1 amide bonds. The molecular formula is C18H19N5O2. The number of nitrogens with zero attached hydrogens (tertiary/aromatic N) is 4. The summed E-state index contributed by atoms with van der Waals surface area (Å²) in [4.78, 5) is 25.1. The summed E-state index contributed by atoms with van der Waals surface area (Å²) in [6.07, 6.45) is 0. The van der Waals surface area contributed by atoms with Crippen LogP contribution in [0.3, 0.4) is 0 Å². The van der Waals surface area contributed by atoms with Crippen LogP contribution in [0.1, 0.15) is 27.4 Å². The van der Waals surface area contributed by atoms with E-state index in [1.807, 2.05) is 48.9 Å². The third-order valence-electron chi connectivity index (χ3n) is 4.08. The van der Waals surface area contributed by atoms with E-state index in [9.17, 15) is 9.59 Å². The summed E-state index contributed by atoms with van der Waals surface area (Å²) in [7, 11) is 1.70. The highest BCUT2D eigenvalue weighted by molar-refractivity contribution is 5.91. The molecule has 0 spiro atoms. The average Bonchev–Trinajstić information content (AvgIpc) is 2.90. The molecule has 0 saturated carbocycles. The fourth-order valence-corrected chi connectivity index (χ4v) is 2.69. The van der Waals surface area contributed by atoms with Crippen molar-refractivity contribution >= 4 is 5.91 Å². The molecule has 0 bridgehead atoms. The number of carbonyl (C=O) groups is 1. The van der Waals surface area contributed by atoms with E-state index in [2.05, 4.69) is 15.3 Å². The molecule has 3 aromatic rings. The first-order valence-electron chi connectivity index (χ1n) is 7.89. The minimum atomic E-state index is -0.338. The molecular weight excluding hydrogens is 318 g/mol. The van der Waals surface area contributed by atoms with E-state index in [0.29, 0.717) is 6.54 Å². The van der Waals surface area contributed by atoms with Gasteiger partial charge in [-0.1, -0.05) is 18.2 Å². The maximum absolute atomic E-state index is 12.5. The van der Waals surface area contributed by atoms with Crippen LogP contribution < -0.4 is 5.56 Å². The Morgan fingerprint density at radius 2 is 1.88 bits per heavy atom. The zero-order valence-electron chi connectivity index (χ0n) is 14.4. The fraction of sp³-hybridized carbons (Fsp3) is 0.222. The summed E-state index contributed by atoms with van der Waals surface area (Å²) in [5, 5.41) is 10.7. The van der Waals surface area contributed by atoms with Crippen molar-refractivity contribution in [3.05, 3.63) is 75.5 Å². The second-order valence-electron chi connectivity index (χ2n) is 5.86. The molecule has 0 aliphatic carbocycles. The topological polar surface area (TPSA) is 83.9 Å². The maximum Gasteiger partial charge on any atom is 0.274 e. The van der Waals surface area contributed by atoms with Gasteiger partial charge in [0.2, 0.25) is 0 Å². The highest BCUT2D eigenvalue weighted by atomic mass is 16.2. The number of aryl methyl sites for hydroxylation is 1. The van der Waals surface area contributed by atoms with Gasteiger partial charge in [0.05, 0.1) is 11.4 Å². The Morgan fingerprint density at radius 1 is 1.16 bits per heavy atom. The van der Waals surface area contributed by atoms with Crippen LogP contribution in [0, 0.1) is 13.8 Å². The summed E-state index contributed by atoms with van der Waals surface area (Å²) in [6.45, 7) is 4.32. The lowest BCUT2D eigenvalue weighted by Gasteiger charge is -2.17. The van der Waals surface area contributed by atoms with Gasteiger partial charge >= 0.3 is 0 Å². The van der Waals surface area contributed by atoms with E-state index < -0.39 is 0 Å². The van der Waals surface area contributed by atoms with E-state index >= 15 is 0 Å². The van der Waals surface area contributed by atoms with Crippen LogP contribution in [-0.4, -0.2) is 37.8 Å². The van der Waals surface area contributed by atoms with Gasteiger partial charge in [-0.15, -0.1) is 0 Å². The standard InChI is InChI=1S/C18H19N5O2/c1-12-15(13(2)23(21-12)14-7-5-4-6-8-14)11-22(3)18(25)16-9-10-17(24)20-19-16/h4-10H,11H2,1-3H3,(H,20,24). The molecule has 0 saturated heterocycles. The van der Waals surface area contributed by atoms with E-state index in [1.165, 1.54) is 12.1 Å². The number of carbonyl (C=O) groups excluding carboxylic acids is 1. The summed E-state index contributed by atoms with van der Waals surface area (Å²) in [6, 6.07) is 12.6. The van der Waals surface area contributed by atoms with Crippen molar-refractivity contribution in [2.45, 2.75) is 20.4 Å². The number of rotatable bonds is 4. The van der Waals surface area contributed by atoms with Gasteiger partial charge in [0.1, 0.15) is 5.69 Å². The maximum atomic E-state index is 12.5. The second-order valence-corrected chi connectivity index (χ2v) is 5.86. The Kier molecular flexibility index (Phi) is 4.47. The van der Waals surface area contributed by atoms with Gasteiger partial charge in [0, 0.05) is 30.9 Å². The zero-order chi connectivity index (χ0) is 18.0. The quantitative estimate of drug-likeness (QED) is 0.787. The van der Waals surface area contributed by atoms with Crippen molar-refractivity contribution in [3.8, 4) is 5.69 Å². The van der Waals surface area contributed by atoms with Gasteiger partial charge in [-0.2, -0.15) is 10.2 Å². The van der Waals surface area contributed by atoms with Gasteiger partial charge < -0.3 is 4.90 Å². The predicted octanol–water partition coefficient (Wildman–Crippen LogP) is 1.84. The molecule has 0 radical (unpaired) electrons. The second kappa shape index (κ2) is 6.72. The van der Waals surface area contributed by atoms with Crippen molar-refractivity contribution in [3.63, 3.8) is 0 Å². The molecule has 0 unspecified atom stereocenters. The Balaban J connectivity index is 1.85. The number of aromatic amines is 1. The van der Waals surface area contributed by atoms with Crippen LogP contribution in [0.2, 0.25) is 0 Å². The number of H-pyrrole nitrogens is 1. The number of hydrogen-bond acceptors (Lipinski definition) is 4. The molecule has 1 N–H and O–H groups in total. The summed E-state index contributed by atoms with van der Waals surface area (Å²) >= 11 is 0. The predicted molar refractivity (Wildman–Crippen MR) is 93.7 cm³/mol. The number of aromatic nitrogens is 4. The van der Waals surface area contributed by atoms with Crippen molar-refractivity contribution < 1.29 is 4.79 Å². The minimum Gasteiger partial charge on any atom is -0.336 e. The lowest BCUT2D eigenvalue weighted by molar-refractivity contribution is 0.0777. The van der Waals surface area contributed by atoms with Crippen LogP contribution in [0.15, 0.2) is 47.3 Å². The number of hydrogen-bond donors (Lipinski definition) is 1. The van der Waals surface area contributed by atoms with Crippen LogP contribution in [-0.2, 0) is 6.54 Å². The molecule has 0 aliphatic rings. The van der Waals surface area contributed by atoms with Crippen LogP contribution in [0.4, 0.5) is 0 Å². The number of para-hydroxylation sites is 1. The molecule has 128 valence electrons. The Labute approximate surface area is 144 Å². The van der Waals surface area contributed by atoms with E-state index in [1.54, 1.807) is 11.9 Å². The van der Waals surface area contributed by atoms with Gasteiger partial charge in [-0.3, -0.25) is 9.59 Å². The first kappa shape index (κ1) is 16.6. The van der Waals surface area contributed by atoms with E-state index in [-0.39, 0.29) is 17.2 Å². The third-order valence-corrected chi connectivity index (χ3v) is 4.08. The van der Waals surface area contributed by atoms with Crippen molar-refractivity contribution in [2.24, 2.45) is 0 Å². The molecule has 0 atom stereocenters. The Morgan fingerprint density at radius 3 is 2.52 bits per heavy atom. The molecule has 25 heavy (non-hydrogen) atoms. The third kappa shape index (κ3) is 3.35. The normalized spacial score (nSPS) is 10.7. The van der Waals surface area contributed by atoms with E-state index in [0.717, 1.165) is 22.6 Å². The minimum absolute atomic E-state index is 0.202. The van der Waals surface area contributed by atoms with Gasteiger partial charge in [0.15, 0.2) is 0 Å². The molecule has 7 nitrogen and oxygen atoms in total. The zero-order valence-corrected chi connectivity index (χ0v) is 14.4. The number of amides is 1. The largest absolute Gasteiger partial charge is 0.336 e. The molecule has 0 fully saturated rings. The SMILES string of the molecule is Cc1nn(-c2ccccc2)c(C)c1CN(C)C(=O)c1ccc(=O)[nH]n1. The van der Waals surface area contributed by atoms with Crippen molar-refractivity contribution in [1.82, 2.24) is 24.9 Å². The molecule has 2 aromatic heterocycles. The smallest absolute Gasteiger partial charge is 0.274 e. The fourth-order valence-electron chi connectivity index (χ4n) is 2.69. The number of benzene rings is 1. The van der Waals surface area contributed by atoms with E-state index in [4.69, 9.17) is 0 Å². The number of nitrogens with one attached hydrogen (secondary N) is 1. The first-order chi connectivity index (χ1) is 12.0. The average molecular weight is 337 g/mol. The molecule has 3 rings (SSSR count). The van der Waals surface area contributed by atoms with Crippen molar-refractivity contribution in [2.75, 3.05) is 7.05 Å². The van der Waals surface area contributed by atoms with Crippen LogP contribution in [0.5, 0.6) is 0 Å². The summed E-state index contributed by atoms with van der Waals surface area (Å²) in [5.41, 5.74) is 3.69. The molecule has 2 heterocycles. The van der Waals surface area contributed by atoms with Gasteiger partial charge in [0.25, 0.3) is 11.5 Å². The lowest BCUT2D eigenvalue weighted by atomic mass is 10.2. The van der Waals surface area contributed by atoms with Gasteiger partial charge in [-0.05, 0) is 32.0 Å². The Bertz CT molecular complexity index is 939. The molecule has 7 heteroatoms.